The maximum absolute atomic E-state index is 11.5. The van der Waals surface area contributed by atoms with Gasteiger partial charge in [0.1, 0.15) is 0 Å². The Morgan fingerprint density at radius 3 is 2.50 bits per heavy atom. The van der Waals surface area contributed by atoms with E-state index in [1.807, 2.05) is 0 Å². The highest BCUT2D eigenvalue weighted by Crippen LogP contribution is 2.16. The Labute approximate surface area is 120 Å². The van der Waals surface area contributed by atoms with Crippen molar-refractivity contribution >= 4 is 45.0 Å². The van der Waals surface area contributed by atoms with Gasteiger partial charge in [0.25, 0.3) is 0 Å². The first-order valence-electron chi connectivity index (χ1n) is 5.43. The van der Waals surface area contributed by atoms with Crippen molar-refractivity contribution in [2.24, 2.45) is 0 Å². The van der Waals surface area contributed by atoms with Crippen molar-refractivity contribution in [3.8, 4) is 0 Å². The van der Waals surface area contributed by atoms with Crippen LogP contribution in [0.5, 0.6) is 0 Å². The van der Waals surface area contributed by atoms with Crippen molar-refractivity contribution in [3.05, 3.63) is 24.3 Å². The number of carbonyl (C=O) groups is 2. The van der Waals surface area contributed by atoms with E-state index < -0.39 is 16.0 Å². The van der Waals surface area contributed by atoms with Gasteiger partial charge in [-0.1, -0.05) is 6.07 Å². The van der Waals surface area contributed by atoms with Crippen LogP contribution < -0.4 is 10.0 Å². The summed E-state index contributed by atoms with van der Waals surface area (Å²) >= 11 is 0.980. The number of aliphatic carboxylic acids is 1. The van der Waals surface area contributed by atoms with Gasteiger partial charge in [-0.3, -0.25) is 14.3 Å². The summed E-state index contributed by atoms with van der Waals surface area (Å²) in [5.74, 6) is -1.48. The summed E-state index contributed by atoms with van der Waals surface area (Å²) in [5, 5.41) is 11.0. The normalized spacial score (nSPS) is 10.8. The molecule has 0 saturated carbocycles. The lowest BCUT2D eigenvalue weighted by molar-refractivity contribution is -0.133. The molecule has 7 nitrogen and oxygen atoms in total. The van der Waals surface area contributed by atoms with Crippen LogP contribution in [0.15, 0.2) is 24.3 Å². The van der Waals surface area contributed by atoms with Gasteiger partial charge in [-0.15, -0.1) is 11.8 Å². The molecule has 0 spiro atoms. The van der Waals surface area contributed by atoms with Gasteiger partial charge in [-0.25, -0.2) is 8.42 Å². The van der Waals surface area contributed by atoms with Gasteiger partial charge in [-0.05, 0) is 18.2 Å². The summed E-state index contributed by atoms with van der Waals surface area (Å²) in [6.07, 6.45) is 1.03. The van der Waals surface area contributed by atoms with Crippen molar-refractivity contribution in [3.63, 3.8) is 0 Å². The van der Waals surface area contributed by atoms with Crippen LogP contribution in [0.4, 0.5) is 11.4 Å². The van der Waals surface area contributed by atoms with Gasteiger partial charge in [0, 0.05) is 5.69 Å². The minimum absolute atomic E-state index is 0.00995. The maximum atomic E-state index is 11.5. The molecule has 0 aliphatic carbocycles. The number of hydrogen-bond donors (Lipinski definition) is 3. The number of thioether (sulfide) groups is 1. The first kappa shape index (κ1) is 16.3. The van der Waals surface area contributed by atoms with Crippen molar-refractivity contribution in [1.29, 1.82) is 0 Å². The molecule has 1 aromatic rings. The number of rotatable bonds is 7. The molecule has 0 radical (unpaired) electrons. The molecule has 3 N–H and O–H groups in total. The monoisotopic (exact) mass is 318 g/mol. The number of hydrogen-bond acceptors (Lipinski definition) is 5. The van der Waals surface area contributed by atoms with Gasteiger partial charge >= 0.3 is 5.97 Å². The summed E-state index contributed by atoms with van der Waals surface area (Å²) in [7, 11) is -3.38. The van der Waals surface area contributed by atoms with Gasteiger partial charge in [0.05, 0.1) is 23.4 Å². The molecule has 0 atom stereocenters. The van der Waals surface area contributed by atoms with Crippen LogP contribution in [0, 0.1) is 0 Å². The van der Waals surface area contributed by atoms with E-state index >= 15 is 0 Å². The fourth-order valence-corrected chi connectivity index (χ4v) is 2.39. The second-order valence-electron chi connectivity index (χ2n) is 3.89. The minimum atomic E-state index is -3.38. The number of amides is 1. The summed E-state index contributed by atoms with van der Waals surface area (Å²) in [6.45, 7) is 0. The average Bonchev–Trinajstić information content (AvgIpc) is 2.26. The Kier molecular flexibility index (Phi) is 5.83. The number of carbonyl (C=O) groups excluding carboxylic acids is 1. The zero-order valence-corrected chi connectivity index (χ0v) is 12.3. The molecule has 0 saturated heterocycles. The molecular weight excluding hydrogens is 304 g/mol. The van der Waals surface area contributed by atoms with Crippen LogP contribution in [-0.2, 0) is 19.6 Å². The van der Waals surface area contributed by atoms with Gasteiger partial charge in [0.2, 0.25) is 15.9 Å². The third kappa shape index (κ3) is 7.00. The standard InChI is InChI=1S/C11H14N2O5S2/c1-20(17,18)13-9-4-2-3-8(5-9)12-10(14)6-19-7-11(15)16/h2-5,13H,6-7H2,1H3,(H,12,14)(H,15,16). The molecule has 0 unspecified atom stereocenters. The Morgan fingerprint density at radius 1 is 1.25 bits per heavy atom. The Bertz CT molecular complexity index is 601. The van der Waals surface area contributed by atoms with E-state index in [1.54, 1.807) is 18.2 Å². The van der Waals surface area contributed by atoms with E-state index in [2.05, 4.69) is 10.0 Å². The predicted octanol–water partition coefficient (Wildman–Crippen LogP) is 0.814. The summed E-state index contributed by atoms with van der Waals surface area (Å²) in [4.78, 5) is 21.8. The third-order valence-corrected chi connectivity index (χ3v) is 3.43. The molecule has 0 bridgehead atoms. The van der Waals surface area contributed by atoms with E-state index in [9.17, 15) is 18.0 Å². The number of carboxylic acid groups (broad SMARTS) is 1. The number of sulfonamides is 1. The fraction of sp³-hybridized carbons (Fsp3) is 0.273. The van der Waals surface area contributed by atoms with Crippen molar-refractivity contribution in [2.75, 3.05) is 27.8 Å². The minimum Gasteiger partial charge on any atom is -0.481 e. The molecule has 0 aliphatic rings. The van der Waals surface area contributed by atoms with Gasteiger partial charge in [-0.2, -0.15) is 0 Å². The number of anilines is 2. The van der Waals surface area contributed by atoms with Gasteiger partial charge in [0.15, 0.2) is 0 Å². The van der Waals surface area contributed by atoms with Crippen LogP contribution >= 0.6 is 11.8 Å². The summed E-state index contributed by atoms with van der Waals surface area (Å²) in [5.41, 5.74) is 0.767. The quantitative estimate of drug-likeness (QED) is 0.686. The Hall–Kier alpha value is -1.74. The molecule has 0 heterocycles. The van der Waals surface area contributed by atoms with Crippen LogP contribution in [0.25, 0.3) is 0 Å². The molecular formula is C11H14N2O5S2. The molecule has 1 aromatic carbocycles. The lowest BCUT2D eigenvalue weighted by Gasteiger charge is -2.08. The summed E-state index contributed by atoms with van der Waals surface area (Å²) < 4.78 is 24.5. The fourth-order valence-electron chi connectivity index (χ4n) is 1.30. The molecule has 0 aromatic heterocycles. The number of benzene rings is 1. The molecule has 1 amide bonds. The number of carboxylic acids is 1. The largest absolute Gasteiger partial charge is 0.481 e. The van der Waals surface area contributed by atoms with Crippen molar-refractivity contribution in [1.82, 2.24) is 0 Å². The zero-order valence-electron chi connectivity index (χ0n) is 10.6. The highest BCUT2D eigenvalue weighted by molar-refractivity contribution is 8.00. The van der Waals surface area contributed by atoms with Crippen molar-refractivity contribution in [2.45, 2.75) is 0 Å². The molecule has 0 aliphatic heterocycles. The molecule has 110 valence electrons. The lowest BCUT2D eigenvalue weighted by Crippen LogP contribution is -2.16. The summed E-state index contributed by atoms with van der Waals surface area (Å²) in [6, 6.07) is 6.22. The zero-order chi connectivity index (χ0) is 15.2. The number of nitrogens with one attached hydrogen (secondary N) is 2. The molecule has 1 rings (SSSR count). The third-order valence-electron chi connectivity index (χ3n) is 1.91. The molecule has 9 heteroatoms. The van der Waals surface area contributed by atoms with E-state index in [0.29, 0.717) is 11.4 Å². The lowest BCUT2D eigenvalue weighted by atomic mass is 10.3. The smallest absolute Gasteiger partial charge is 0.313 e. The highest BCUT2D eigenvalue weighted by atomic mass is 32.2. The molecule has 0 fully saturated rings. The van der Waals surface area contributed by atoms with E-state index in [0.717, 1.165) is 18.0 Å². The van der Waals surface area contributed by atoms with Crippen LogP contribution in [0.2, 0.25) is 0 Å². The predicted molar refractivity (Wildman–Crippen MR) is 78.5 cm³/mol. The molecule has 20 heavy (non-hydrogen) atoms. The second-order valence-corrected chi connectivity index (χ2v) is 6.62. The van der Waals surface area contributed by atoms with E-state index in [4.69, 9.17) is 5.11 Å². The Morgan fingerprint density at radius 2 is 1.90 bits per heavy atom. The van der Waals surface area contributed by atoms with Gasteiger partial charge < -0.3 is 10.4 Å². The maximum Gasteiger partial charge on any atom is 0.313 e. The topological polar surface area (TPSA) is 113 Å². The Balaban J connectivity index is 2.57. The SMILES string of the molecule is CS(=O)(=O)Nc1cccc(NC(=O)CSCC(=O)O)c1. The first-order chi connectivity index (χ1) is 9.26. The van der Waals surface area contributed by atoms with E-state index in [-0.39, 0.29) is 17.4 Å². The van der Waals surface area contributed by atoms with Crippen LogP contribution in [0.3, 0.4) is 0 Å². The van der Waals surface area contributed by atoms with Crippen LogP contribution in [-0.4, -0.2) is 43.2 Å². The average molecular weight is 318 g/mol. The van der Waals surface area contributed by atoms with Crippen LogP contribution in [0.1, 0.15) is 0 Å². The van der Waals surface area contributed by atoms with E-state index in [1.165, 1.54) is 6.07 Å². The first-order valence-corrected chi connectivity index (χ1v) is 8.48. The second kappa shape index (κ2) is 7.15. The van der Waals surface area contributed by atoms with Crippen molar-refractivity contribution < 1.29 is 23.1 Å². The highest BCUT2D eigenvalue weighted by Gasteiger charge is 2.06.